The number of phenols is 2. The van der Waals surface area contributed by atoms with Gasteiger partial charge in [-0.2, -0.15) is 0 Å². The van der Waals surface area contributed by atoms with Gasteiger partial charge < -0.3 is 10.2 Å². The van der Waals surface area contributed by atoms with Crippen LogP contribution in [0.2, 0.25) is 0 Å². The van der Waals surface area contributed by atoms with Crippen molar-refractivity contribution in [1.29, 1.82) is 0 Å². The fraction of sp³-hybridized carbons (Fsp3) is 0.586. The topological polar surface area (TPSA) is 40.5 Å². The first kappa shape index (κ1) is 25.3. The van der Waals surface area contributed by atoms with E-state index in [0.29, 0.717) is 35.2 Å². The lowest BCUT2D eigenvalue weighted by molar-refractivity contribution is 0.446. The monoisotopic (exact) mass is 424 g/mol. The van der Waals surface area contributed by atoms with E-state index in [1.165, 1.54) is 11.1 Å². The molecular weight excluding hydrogens is 380 g/mol. The Bertz CT molecular complexity index is 796. The third kappa shape index (κ3) is 5.27. The summed E-state index contributed by atoms with van der Waals surface area (Å²) >= 11 is 0. The molecule has 0 radical (unpaired) electrons. The summed E-state index contributed by atoms with van der Waals surface area (Å²) in [4.78, 5) is 0. The van der Waals surface area contributed by atoms with Gasteiger partial charge in [0.05, 0.1) is 0 Å². The second-order valence-corrected chi connectivity index (χ2v) is 9.57. The zero-order valence-corrected chi connectivity index (χ0v) is 21.0. The number of phenolic OH excluding ortho intramolecular Hbond substituents is 2. The van der Waals surface area contributed by atoms with Gasteiger partial charge in [-0.05, 0) is 78.0 Å². The van der Waals surface area contributed by atoms with Crippen LogP contribution in [0.3, 0.4) is 0 Å². The van der Waals surface area contributed by atoms with Gasteiger partial charge >= 0.3 is 0 Å². The van der Waals surface area contributed by atoms with E-state index in [0.717, 1.165) is 54.4 Å². The maximum absolute atomic E-state index is 11.2. The fourth-order valence-electron chi connectivity index (χ4n) is 4.59. The minimum Gasteiger partial charge on any atom is -0.507 e. The smallest absolute Gasteiger partial charge is 0.122 e. The molecule has 0 amide bonds. The predicted octanol–water partition coefficient (Wildman–Crippen LogP) is 8.74. The molecule has 0 aliphatic carbocycles. The Labute approximate surface area is 190 Å². The van der Waals surface area contributed by atoms with Crippen LogP contribution in [0.4, 0.5) is 0 Å². The summed E-state index contributed by atoms with van der Waals surface area (Å²) in [5.74, 6) is 2.22. The van der Waals surface area contributed by atoms with Gasteiger partial charge in [0.15, 0.2) is 0 Å². The average molecular weight is 425 g/mol. The highest BCUT2D eigenvalue weighted by molar-refractivity contribution is 5.54. The number of hydrogen-bond donors (Lipinski definition) is 2. The molecule has 2 heteroatoms. The second kappa shape index (κ2) is 11.1. The van der Waals surface area contributed by atoms with Crippen molar-refractivity contribution in [2.24, 2.45) is 0 Å². The first-order valence-corrected chi connectivity index (χ1v) is 12.4. The van der Waals surface area contributed by atoms with Gasteiger partial charge in [-0.1, -0.05) is 79.7 Å². The molecule has 0 spiro atoms. The number of hydrogen-bond acceptors (Lipinski definition) is 2. The van der Waals surface area contributed by atoms with Crippen molar-refractivity contribution in [3.63, 3.8) is 0 Å². The molecule has 2 aromatic rings. The Morgan fingerprint density at radius 1 is 0.548 bits per heavy atom. The van der Waals surface area contributed by atoms with Crippen molar-refractivity contribution in [2.45, 2.75) is 111 Å². The molecule has 172 valence electrons. The van der Waals surface area contributed by atoms with Gasteiger partial charge in [-0.15, -0.1) is 0 Å². The molecule has 0 aliphatic rings. The Morgan fingerprint density at radius 3 is 1.16 bits per heavy atom. The Kier molecular flexibility index (Phi) is 9.03. The Morgan fingerprint density at radius 2 is 0.871 bits per heavy atom. The van der Waals surface area contributed by atoms with Crippen LogP contribution in [0.25, 0.3) is 0 Å². The quantitative estimate of drug-likeness (QED) is 0.400. The van der Waals surface area contributed by atoms with Gasteiger partial charge in [-0.3, -0.25) is 0 Å². The normalized spacial score (nSPS) is 15.5. The van der Waals surface area contributed by atoms with Crippen LogP contribution in [0, 0.1) is 0 Å². The van der Waals surface area contributed by atoms with Crippen molar-refractivity contribution in [3.8, 4) is 11.5 Å². The van der Waals surface area contributed by atoms with Gasteiger partial charge in [0, 0.05) is 11.1 Å². The molecule has 2 nitrogen and oxygen atoms in total. The molecule has 31 heavy (non-hydrogen) atoms. The SMILES string of the molecule is CCC(C)c1ccc(Cc2ccc(C(C)CC)c(O)c2C(C)CC)c(C(C)CC)c1O. The summed E-state index contributed by atoms with van der Waals surface area (Å²) in [6, 6.07) is 8.65. The summed E-state index contributed by atoms with van der Waals surface area (Å²) in [6.07, 6.45) is 4.73. The molecule has 0 fully saturated rings. The van der Waals surface area contributed by atoms with Crippen LogP contribution in [0.15, 0.2) is 24.3 Å². The molecule has 2 N–H and O–H groups in total. The minimum absolute atomic E-state index is 0.291. The first-order chi connectivity index (χ1) is 14.7. The fourth-order valence-corrected chi connectivity index (χ4v) is 4.59. The highest BCUT2D eigenvalue weighted by Crippen LogP contribution is 2.42. The van der Waals surface area contributed by atoms with Crippen LogP contribution in [-0.4, -0.2) is 10.2 Å². The van der Waals surface area contributed by atoms with Crippen molar-refractivity contribution in [2.75, 3.05) is 0 Å². The lowest BCUT2D eigenvalue weighted by Gasteiger charge is -2.24. The van der Waals surface area contributed by atoms with Crippen LogP contribution < -0.4 is 0 Å². The highest BCUT2D eigenvalue weighted by Gasteiger charge is 2.23. The second-order valence-electron chi connectivity index (χ2n) is 9.57. The summed E-state index contributed by atoms with van der Waals surface area (Å²) in [7, 11) is 0. The van der Waals surface area contributed by atoms with E-state index in [-0.39, 0.29) is 0 Å². The van der Waals surface area contributed by atoms with E-state index in [4.69, 9.17) is 0 Å². The highest BCUT2D eigenvalue weighted by atomic mass is 16.3. The van der Waals surface area contributed by atoms with Gasteiger partial charge in [-0.25, -0.2) is 0 Å². The molecule has 0 bridgehead atoms. The van der Waals surface area contributed by atoms with Crippen LogP contribution in [0.1, 0.15) is 138 Å². The standard InChI is InChI=1S/C29H44O2/c1-9-18(5)24-15-13-22(26(28(24)30)20(7)11-3)17-23-14-16-25(19(6)10-2)29(31)27(23)21(8)12-4/h13-16,18-21,30-31H,9-12,17H2,1-8H3. The third-order valence-electron chi connectivity index (χ3n) is 7.55. The van der Waals surface area contributed by atoms with E-state index in [2.05, 4.69) is 79.7 Å². The summed E-state index contributed by atoms with van der Waals surface area (Å²) < 4.78 is 0. The third-order valence-corrected chi connectivity index (χ3v) is 7.55. The van der Waals surface area contributed by atoms with Gasteiger partial charge in [0.2, 0.25) is 0 Å². The van der Waals surface area contributed by atoms with Crippen molar-refractivity contribution in [3.05, 3.63) is 57.6 Å². The molecule has 4 unspecified atom stereocenters. The molecule has 2 rings (SSSR count). The van der Waals surface area contributed by atoms with Crippen LogP contribution >= 0.6 is 0 Å². The Balaban J connectivity index is 2.64. The first-order valence-electron chi connectivity index (χ1n) is 12.4. The lowest BCUT2D eigenvalue weighted by atomic mass is 9.81. The van der Waals surface area contributed by atoms with Crippen LogP contribution in [-0.2, 0) is 6.42 Å². The maximum atomic E-state index is 11.2. The van der Waals surface area contributed by atoms with E-state index >= 15 is 0 Å². The number of rotatable bonds is 10. The number of aromatic hydroxyl groups is 2. The summed E-state index contributed by atoms with van der Waals surface area (Å²) in [5, 5.41) is 22.5. The summed E-state index contributed by atoms with van der Waals surface area (Å²) in [5.41, 5.74) is 6.64. The largest absolute Gasteiger partial charge is 0.507 e. The maximum Gasteiger partial charge on any atom is 0.122 e. The minimum atomic E-state index is 0.291. The van der Waals surface area contributed by atoms with E-state index < -0.39 is 0 Å². The average Bonchev–Trinajstić information content (AvgIpc) is 2.77. The molecule has 0 heterocycles. The molecule has 0 saturated carbocycles. The Hall–Kier alpha value is -1.96. The molecule has 2 aromatic carbocycles. The van der Waals surface area contributed by atoms with Crippen molar-refractivity contribution < 1.29 is 10.2 Å². The van der Waals surface area contributed by atoms with E-state index in [1.807, 2.05) is 0 Å². The van der Waals surface area contributed by atoms with Gasteiger partial charge in [0.1, 0.15) is 11.5 Å². The van der Waals surface area contributed by atoms with Crippen molar-refractivity contribution in [1.82, 2.24) is 0 Å². The van der Waals surface area contributed by atoms with Gasteiger partial charge in [0.25, 0.3) is 0 Å². The van der Waals surface area contributed by atoms with Crippen molar-refractivity contribution >= 4 is 0 Å². The van der Waals surface area contributed by atoms with E-state index in [1.54, 1.807) is 0 Å². The van der Waals surface area contributed by atoms with Crippen LogP contribution in [0.5, 0.6) is 11.5 Å². The molecule has 0 aliphatic heterocycles. The molecular formula is C29H44O2. The number of benzene rings is 2. The summed E-state index contributed by atoms with van der Waals surface area (Å²) in [6.45, 7) is 17.5. The molecule has 4 atom stereocenters. The van der Waals surface area contributed by atoms with E-state index in [9.17, 15) is 10.2 Å². The zero-order valence-electron chi connectivity index (χ0n) is 21.0. The molecule has 0 aromatic heterocycles. The zero-order chi connectivity index (χ0) is 23.3. The molecule has 0 saturated heterocycles. The lowest BCUT2D eigenvalue weighted by Crippen LogP contribution is -2.07. The predicted molar refractivity (Wildman–Crippen MR) is 134 cm³/mol.